The Kier molecular flexibility index (Phi) is 3.06. The highest BCUT2D eigenvalue weighted by molar-refractivity contribution is 6.30. The minimum absolute atomic E-state index is 0.300. The number of rotatable bonds is 3. The van der Waals surface area contributed by atoms with Crippen LogP contribution >= 0.6 is 11.6 Å². The normalized spacial score (nSPS) is 18.3. The van der Waals surface area contributed by atoms with Crippen LogP contribution in [-0.2, 0) is 17.8 Å². The molecule has 1 unspecified atom stereocenters. The monoisotopic (exact) mass is 280 g/mol. The third-order valence-electron chi connectivity index (χ3n) is 3.46. The fourth-order valence-corrected chi connectivity index (χ4v) is 2.93. The highest BCUT2D eigenvalue weighted by Crippen LogP contribution is 2.34. The Bertz CT molecular complexity index is 604. The van der Waals surface area contributed by atoms with Crippen molar-refractivity contribution in [1.82, 2.24) is 9.55 Å². The highest BCUT2D eigenvalue weighted by atomic mass is 35.5. The molecule has 0 saturated heterocycles. The lowest BCUT2D eigenvalue weighted by Crippen LogP contribution is -2.23. The zero-order chi connectivity index (χ0) is 13.4. The summed E-state index contributed by atoms with van der Waals surface area (Å²) in [6, 6.07) is 3.68. The quantitative estimate of drug-likeness (QED) is 0.938. The average molecular weight is 281 g/mol. The van der Waals surface area contributed by atoms with Gasteiger partial charge in [-0.05, 0) is 25.0 Å². The summed E-state index contributed by atoms with van der Waals surface area (Å²) in [5, 5.41) is 9.56. The second-order valence-corrected chi connectivity index (χ2v) is 5.00. The smallest absolute Gasteiger partial charge is 0.312 e. The summed E-state index contributed by atoms with van der Waals surface area (Å²) in [4.78, 5) is 15.6. The molecule has 0 radical (unpaired) electrons. The fourth-order valence-electron chi connectivity index (χ4n) is 2.60. The molecule has 0 aromatic carbocycles. The van der Waals surface area contributed by atoms with Crippen molar-refractivity contribution in [3.63, 3.8) is 0 Å². The van der Waals surface area contributed by atoms with Gasteiger partial charge in [-0.1, -0.05) is 11.6 Å². The van der Waals surface area contributed by atoms with Crippen molar-refractivity contribution >= 4 is 17.6 Å². The molecule has 0 fully saturated rings. The Hall–Kier alpha value is -1.75. The van der Waals surface area contributed by atoms with Crippen LogP contribution in [0.15, 0.2) is 22.8 Å². The van der Waals surface area contributed by atoms with Crippen LogP contribution in [0.1, 0.15) is 36.0 Å². The minimum atomic E-state index is -0.840. The molecule has 1 aliphatic rings. The van der Waals surface area contributed by atoms with E-state index in [0.717, 1.165) is 24.6 Å². The SMILES string of the molecule is O=C(O)C1CCCn2c(Cc3ccco3)nc(Cl)c21. The molecule has 2 aromatic rings. The Balaban J connectivity index is 2.00. The molecule has 0 aliphatic carbocycles. The van der Waals surface area contributed by atoms with E-state index in [2.05, 4.69) is 4.98 Å². The molecule has 3 heterocycles. The van der Waals surface area contributed by atoms with E-state index in [1.807, 2.05) is 16.7 Å². The van der Waals surface area contributed by atoms with Crippen LogP contribution < -0.4 is 0 Å². The van der Waals surface area contributed by atoms with Gasteiger partial charge in [-0.25, -0.2) is 4.98 Å². The maximum absolute atomic E-state index is 11.3. The van der Waals surface area contributed by atoms with Gasteiger partial charge in [-0.3, -0.25) is 4.79 Å². The molecule has 0 saturated carbocycles. The number of aromatic nitrogens is 2. The fraction of sp³-hybridized carbons (Fsp3) is 0.385. The molecule has 1 N–H and O–H groups in total. The van der Waals surface area contributed by atoms with Gasteiger partial charge in [0.15, 0.2) is 5.15 Å². The van der Waals surface area contributed by atoms with Gasteiger partial charge in [0.2, 0.25) is 0 Å². The summed E-state index contributed by atoms with van der Waals surface area (Å²) in [5.41, 5.74) is 0.627. The number of halogens is 1. The van der Waals surface area contributed by atoms with Crippen LogP contribution in [0, 0.1) is 0 Å². The number of fused-ring (bicyclic) bond motifs is 1. The molecule has 1 aliphatic heterocycles. The Labute approximate surface area is 114 Å². The van der Waals surface area contributed by atoms with E-state index < -0.39 is 11.9 Å². The minimum Gasteiger partial charge on any atom is -0.481 e. The van der Waals surface area contributed by atoms with Crippen molar-refractivity contribution in [3.8, 4) is 0 Å². The van der Waals surface area contributed by atoms with Gasteiger partial charge in [0.25, 0.3) is 0 Å². The van der Waals surface area contributed by atoms with E-state index in [-0.39, 0.29) is 0 Å². The van der Waals surface area contributed by atoms with Crippen molar-refractivity contribution < 1.29 is 14.3 Å². The molecular weight excluding hydrogens is 268 g/mol. The third-order valence-corrected chi connectivity index (χ3v) is 3.73. The van der Waals surface area contributed by atoms with Gasteiger partial charge in [-0.15, -0.1) is 0 Å². The lowest BCUT2D eigenvalue weighted by molar-refractivity contribution is -0.139. The molecule has 0 bridgehead atoms. The number of hydrogen-bond acceptors (Lipinski definition) is 3. The van der Waals surface area contributed by atoms with Crippen molar-refractivity contribution in [1.29, 1.82) is 0 Å². The summed E-state index contributed by atoms with van der Waals surface area (Å²) in [6.45, 7) is 0.759. The standard InChI is InChI=1S/C13H13ClN2O3/c14-12-11-9(13(17)18)4-1-5-16(11)10(15-12)7-8-3-2-6-19-8/h2-3,6,9H,1,4-5,7H2,(H,17,18). The molecule has 6 heteroatoms. The Morgan fingerprint density at radius 1 is 1.63 bits per heavy atom. The lowest BCUT2D eigenvalue weighted by Gasteiger charge is -2.22. The molecule has 2 aromatic heterocycles. The molecule has 0 amide bonds. The van der Waals surface area contributed by atoms with Crippen LogP contribution in [0.5, 0.6) is 0 Å². The van der Waals surface area contributed by atoms with E-state index >= 15 is 0 Å². The zero-order valence-electron chi connectivity index (χ0n) is 10.2. The first-order valence-corrected chi connectivity index (χ1v) is 6.54. The van der Waals surface area contributed by atoms with Gasteiger partial charge in [0.05, 0.1) is 18.4 Å². The van der Waals surface area contributed by atoms with Crippen molar-refractivity contribution in [2.24, 2.45) is 0 Å². The molecular formula is C13H13ClN2O3. The van der Waals surface area contributed by atoms with E-state index in [4.69, 9.17) is 16.0 Å². The summed E-state index contributed by atoms with van der Waals surface area (Å²) in [5.74, 6) is 0.161. The first-order chi connectivity index (χ1) is 9.16. The summed E-state index contributed by atoms with van der Waals surface area (Å²) < 4.78 is 7.22. The Morgan fingerprint density at radius 2 is 2.47 bits per heavy atom. The summed E-state index contributed by atoms with van der Waals surface area (Å²) >= 11 is 6.12. The molecule has 5 nitrogen and oxygen atoms in total. The number of carbonyl (C=O) groups is 1. The number of carboxylic acid groups (broad SMARTS) is 1. The van der Waals surface area contributed by atoms with Gasteiger partial charge in [0.1, 0.15) is 17.5 Å². The first kappa shape index (κ1) is 12.3. The topological polar surface area (TPSA) is 68.3 Å². The maximum Gasteiger partial charge on any atom is 0.312 e. The number of carboxylic acids is 1. The number of imidazole rings is 1. The molecule has 3 rings (SSSR count). The average Bonchev–Trinajstić information content (AvgIpc) is 2.99. The number of nitrogens with zero attached hydrogens (tertiary/aromatic N) is 2. The highest BCUT2D eigenvalue weighted by Gasteiger charge is 2.32. The van der Waals surface area contributed by atoms with Crippen LogP contribution in [0.2, 0.25) is 5.15 Å². The lowest BCUT2D eigenvalue weighted by atomic mass is 9.96. The number of furan rings is 1. The predicted octanol–water partition coefficient (Wildman–Crippen LogP) is 2.68. The van der Waals surface area contributed by atoms with Gasteiger partial charge >= 0.3 is 5.97 Å². The molecule has 19 heavy (non-hydrogen) atoms. The summed E-state index contributed by atoms with van der Waals surface area (Å²) in [6.07, 6.45) is 3.57. The molecule has 0 spiro atoms. The van der Waals surface area contributed by atoms with Crippen molar-refractivity contribution in [2.45, 2.75) is 31.7 Å². The molecule has 1 atom stereocenters. The van der Waals surface area contributed by atoms with E-state index in [9.17, 15) is 9.90 Å². The predicted molar refractivity (Wildman–Crippen MR) is 68.4 cm³/mol. The maximum atomic E-state index is 11.3. The largest absolute Gasteiger partial charge is 0.481 e. The van der Waals surface area contributed by atoms with Gasteiger partial charge in [0, 0.05) is 6.54 Å². The third kappa shape index (κ3) is 2.14. The van der Waals surface area contributed by atoms with Crippen LogP contribution in [-0.4, -0.2) is 20.6 Å². The van der Waals surface area contributed by atoms with Crippen molar-refractivity contribution in [2.75, 3.05) is 0 Å². The Morgan fingerprint density at radius 3 is 3.16 bits per heavy atom. The summed E-state index contributed by atoms with van der Waals surface area (Å²) in [7, 11) is 0. The van der Waals surface area contributed by atoms with Gasteiger partial charge in [-0.2, -0.15) is 0 Å². The number of hydrogen-bond donors (Lipinski definition) is 1. The first-order valence-electron chi connectivity index (χ1n) is 6.17. The van der Waals surface area contributed by atoms with Crippen LogP contribution in [0.4, 0.5) is 0 Å². The zero-order valence-corrected chi connectivity index (χ0v) is 10.9. The van der Waals surface area contributed by atoms with Gasteiger partial charge < -0.3 is 14.1 Å². The number of aliphatic carboxylic acids is 1. The van der Waals surface area contributed by atoms with Crippen LogP contribution in [0.25, 0.3) is 0 Å². The second-order valence-electron chi connectivity index (χ2n) is 4.64. The van der Waals surface area contributed by atoms with E-state index in [1.165, 1.54) is 0 Å². The van der Waals surface area contributed by atoms with Crippen molar-refractivity contribution in [3.05, 3.63) is 40.8 Å². The van der Waals surface area contributed by atoms with E-state index in [0.29, 0.717) is 23.7 Å². The second kappa shape index (κ2) is 4.74. The molecule has 100 valence electrons. The van der Waals surface area contributed by atoms with Crippen LogP contribution in [0.3, 0.4) is 0 Å². The van der Waals surface area contributed by atoms with E-state index in [1.54, 1.807) is 6.26 Å².